The van der Waals surface area contributed by atoms with Crippen LogP contribution in [0.25, 0.3) is 0 Å². The van der Waals surface area contributed by atoms with Gasteiger partial charge in [-0.1, -0.05) is 18.2 Å². The largest absolute Gasteiger partial charge is 0.493 e. The van der Waals surface area contributed by atoms with Gasteiger partial charge in [0.25, 0.3) is 0 Å². The van der Waals surface area contributed by atoms with Crippen molar-refractivity contribution in [2.24, 2.45) is 16.8 Å². The first-order chi connectivity index (χ1) is 13.2. The molecule has 3 aliphatic rings. The number of rotatable bonds is 4. The van der Waals surface area contributed by atoms with Crippen LogP contribution in [0.15, 0.2) is 23.2 Å². The highest BCUT2D eigenvalue weighted by Gasteiger charge is 2.40. The predicted octanol–water partition coefficient (Wildman–Crippen LogP) is 4.19. The summed E-state index contributed by atoms with van der Waals surface area (Å²) in [6.07, 6.45) is 6.52. The van der Waals surface area contributed by atoms with Gasteiger partial charge in [0.1, 0.15) is 0 Å². The molecular formula is C20H27N3O2S2. The van der Waals surface area contributed by atoms with Crippen LogP contribution in [0.4, 0.5) is 5.69 Å². The summed E-state index contributed by atoms with van der Waals surface area (Å²) in [5.74, 6) is 4.18. The van der Waals surface area contributed by atoms with E-state index >= 15 is 0 Å². The monoisotopic (exact) mass is 405 g/mol. The average molecular weight is 406 g/mol. The molecule has 3 fully saturated rings. The fraction of sp³-hybridized carbons (Fsp3) is 0.600. The minimum Gasteiger partial charge on any atom is -0.493 e. The standard InChI is InChI=1S/C20H27N3O2S2/c1-24-17-7-6-15(12-18(17)25-2)21-20-23(8-3-9-27-20)19(26)22-16-11-13-4-5-14(16)10-13/h6-7,12-14,16H,3-5,8-11H2,1-2H3,(H,22,26)/t13-,14+,16+/m0/s1. The van der Waals surface area contributed by atoms with Crippen LogP contribution in [-0.4, -0.2) is 47.7 Å². The van der Waals surface area contributed by atoms with Crippen molar-refractivity contribution in [1.82, 2.24) is 10.2 Å². The lowest BCUT2D eigenvalue weighted by Crippen LogP contribution is -2.49. The molecule has 7 heteroatoms. The lowest BCUT2D eigenvalue weighted by Gasteiger charge is -2.33. The Morgan fingerprint density at radius 1 is 1.22 bits per heavy atom. The minimum atomic E-state index is 0.547. The number of ether oxygens (including phenoxy) is 2. The Bertz CT molecular complexity index is 740. The Kier molecular flexibility index (Phi) is 5.78. The summed E-state index contributed by atoms with van der Waals surface area (Å²) in [5.41, 5.74) is 0.852. The molecule has 1 aromatic carbocycles. The molecule has 3 atom stereocenters. The third-order valence-electron chi connectivity index (χ3n) is 5.87. The molecule has 1 heterocycles. The lowest BCUT2D eigenvalue weighted by molar-refractivity contribution is 0.355. The lowest BCUT2D eigenvalue weighted by atomic mass is 9.95. The van der Waals surface area contributed by atoms with Crippen LogP contribution in [0.5, 0.6) is 11.5 Å². The number of aliphatic imine (C=N–C) groups is 1. The zero-order chi connectivity index (χ0) is 18.8. The molecule has 5 nitrogen and oxygen atoms in total. The van der Waals surface area contributed by atoms with Crippen LogP contribution >= 0.6 is 24.0 Å². The normalized spacial score (nSPS) is 28.4. The number of hydrogen-bond donors (Lipinski definition) is 1. The van der Waals surface area contributed by atoms with Crippen molar-refractivity contribution < 1.29 is 9.47 Å². The Balaban J connectivity index is 1.50. The van der Waals surface area contributed by atoms with Crippen LogP contribution in [0.1, 0.15) is 32.1 Å². The quantitative estimate of drug-likeness (QED) is 0.758. The van der Waals surface area contributed by atoms with Gasteiger partial charge in [0.05, 0.1) is 19.9 Å². The van der Waals surface area contributed by atoms with E-state index in [1.54, 1.807) is 26.0 Å². The van der Waals surface area contributed by atoms with Crippen molar-refractivity contribution in [2.45, 2.75) is 38.1 Å². The number of thioether (sulfide) groups is 1. The van der Waals surface area contributed by atoms with Crippen molar-refractivity contribution in [3.05, 3.63) is 18.2 Å². The number of hydrogen-bond acceptors (Lipinski definition) is 5. The number of nitrogens with zero attached hydrogens (tertiary/aromatic N) is 2. The molecule has 4 rings (SSSR count). The highest BCUT2D eigenvalue weighted by atomic mass is 32.2. The maximum atomic E-state index is 5.78. The maximum Gasteiger partial charge on any atom is 0.175 e. The van der Waals surface area contributed by atoms with Crippen molar-refractivity contribution in [2.75, 3.05) is 26.5 Å². The van der Waals surface area contributed by atoms with Gasteiger partial charge in [0, 0.05) is 24.4 Å². The summed E-state index contributed by atoms with van der Waals surface area (Å²) in [6, 6.07) is 6.30. The summed E-state index contributed by atoms with van der Waals surface area (Å²) in [7, 11) is 3.28. The van der Waals surface area contributed by atoms with Gasteiger partial charge in [-0.05, 0) is 61.9 Å². The van der Waals surface area contributed by atoms with E-state index in [4.69, 9.17) is 26.7 Å². The van der Waals surface area contributed by atoms with Crippen molar-refractivity contribution >= 4 is 39.9 Å². The first-order valence-electron chi connectivity index (χ1n) is 9.69. The molecule has 0 amide bonds. The van der Waals surface area contributed by atoms with Crippen LogP contribution < -0.4 is 14.8 Å². The molecule has 0 spiro atoms. The van der Waals surface area contributed by atoms with E-state index in [9.17, 15) is 0 Å². The van der Waals surface area contributed by atoms with Crippen molar-refractivity contribution in [1.29, 1.82) is 0 Å². The Hall–Kier alpha value is -1.47. The summed E-state index contributed by atoms with van der Waals surface area (Å²) in [5, 5.41) is 5.45. The first-order valence-corrected chi connectivity index (χ1v) is 11.1. The molecule has 27 heavy (non-hydrogen) atoms. The van der Waals surface area contributed by atoms with Crippen molar-refractivity contribution in [3.8, 4) is 11.5 Å². The number of fused-ring (bicyclic) bond motifs is 2. The molecule has 0 unspecified atom stereocenters. The zero-order valence-corrected chi connectivity index (χ0v) is 17.6. The van der Waals surface area contributed by atoms with Crippen LogP contribution in [0, 0.1) is 11.8 Å². The first kappa shape index (κ1) is 18.9. The second-order valence-electron chi connectivity index (χ2n) is 7.52. The van der Waals surface area contributed by atoms with Gasteiger partial charge in [-0.25, -0.2) is 4.99 Å². The Morgan fingerprint density at radius 2 is 2.07 bits per heavy atom. The summed E-state index contributed by atoms with van der Waals surface area (Å²) in [4.78, 5) is 7.04. The molecule has 2 saturated carbocycles. The zero-order valence-electron chi connectivity index (χ0n) is 15.9. The highest BCUT2D eigenvalue weighted by Crippen LogP contribution is 2.44. The smallest absolute Gasteiger partial charge is 0.175 e. The van der Waals surface area contributed by atoms with Gasteiger partial charge in [-0.2, -0.15) is 0 Å². The van der Waals surface area contributed by atoms with Crippen molar-refractivity contribution in [3.63, 3.8) is 0 Å². The Morgan fingerprint density at radius 3 is 2.78 bits per heavy atom. The van der Waals surface area contributed by atoms with Gasteiger partial charge in [-0.3, -0.25) is 4.90 Å². The molecule has 1 saturated heterocycles. The number of nitrogens with one attached hydrogen (secondary N) is 1. The van der Waals surface area contributed by atoms with Crippen LogP contribution in [0.3, 0.4) is 0 Å². The van der Waals surface area contributed by atoms with E-state index in [1.165, 1.54) is 25.7 Å². The van der Waals surface area contributed by atoms with E-state index in [2.05, 4.69) is 10.2 Å². The molecule has 2 aliphatic carbocycles. The average Bonchev–Trinajstić information content (AvgIpc) is 3.31. The van der Waals surface area contributed by atoms with Gasteiger partial charge in [0.15, 0.2) is 21.8 Å². The molecule has 0 radical (unpaired) electrons. The van der Waals surface area contributed by atoms with E-state index in [0.717, 1.165) is 46.5 Å². The fourth-order valence-electron chi connectivity index (χ4n) is 4.50. The predicted molar refractivity (Wildman–Crippen MR) is 115 cm³/mol. The summed E-state index contributed by atoms with van der Waals surface area (Å²) in [6.45, 7) is 0.922. The second kappa shape index (κ2) is 8.27. The van der Waals surface area contributed by atoms with E-state index in [0.29, 0.717) is 17.5 Å². The van der Waals surface area contributed by atoms with E-state index in [-0.39, 0.29) is 0 Å². The molecule has 0 aromatic heterocycles. The van der Waals surface area contributed by atoms with Crippen LogP contribution in [0.2, 0.25) is 0 Å². The van der Waals surface area contributed by atoms with Gasteiger partial charge in [0.2, 0.25) is 0 Å². The number of amidine groups is 1. The second-order valence-corrected chi connectivity index (χ2v) is 8.97. The molecule has 2 bridgehead atoms. The van der Waals surface area contributed by atoms with Gasteiger partial charge in [-0.15, -0.1) is 0 Å². The molecule has 146 valence electrons. The molecule has 1 N–H and O–H groups in total. The molecule has 1 aliphatic heterocycles. The number of thiocarbonyl (C=S) groups is 1. The van der Waals surface area contributed by atoms with Crippen LogP contribution in [-0.2, 0) is 0 Å². The van der Waals surface area contributed by atoms with Gasteiger partial charge < -0.3 is 14.8 Å². The maximum absolute atomic E-state index is 5.78. The third-order valence-corrected chi connectivity index (χ3v) is 7.27. The van der Waals surface area contributed by atoms with E-state index < -0.39 is 0 Å². The number of methoxy groups -OCH3 is 2. The summed E-state index contributed by atoms with van der Waals surface area (Å²) < 4.78 is 10.7. The topological polar surface area (TPSA) is 46.1 Å². The summed E-state index contributed by atoms with van der Waals surface area (Å²) >= 11 is 7.55. The fourth-order valence-corrected chi connectivity index (χ4v) is 5.85. The molecule has 1 aromatic rings. The van der Waals surface area contributed by atoms with E-state index in [1.807, 2.05) is 18.2 Å². The third kappa shape index (κ3) is 4.04. The SMILES string of the molecule is COc1ccc(N=C2SCCCN2C(=S)N[C@@H]2C[C@H]3CC[C@@H]2C3)cc1OC. The minimum absolute atomic E-state index is 0.547. The number of benzene rings is 1. The van der Waals surface area contributed by atoms with Gasteiger partial charge >= 0.3 is 0 Å². The molecular weight excluding hydrogens is 378 g/mol. The highest BCUT2D eigenvalue weighted by molar-refractivity contribution is 8.14. The Labute approximate surface area is 170 Å².